The molecule has 0 aliphatic carbocycles. The van der Waals surface area contributed by atoms with Crippen LogP contribution in [0.4, 0.5) is 0 Å². The van der Waals surface area contributed by atoms with Gasteiger partial charge in [0.2, 0.25) is 0 Å². The SMILES string of the molecule is Cn1cc(-c2n[nH]c(-c3nccc4nc(-c5ccc(C[NH3+])cc5)c(-c5ccccc5)cc34)n2)cn1. The highest BCUT2D eigenvalue weighted by Crippen LogP contribution is 2.35. The topological polar surface area (TPSA) is 113 Å². The smallest absolute Gasteiger partial charge is 0.184 e. The van der Waals surface area contributed by atoms with E-state index < -0.39 is 0 Å². The van der Waals surface area contributed by atoms with E-state index in [4.69, 9.17) is 9.97 Å². The largest absolute Gasteiger partial charge is 0.354 e. The zero-order chi connectivity index (χ0) is 23.8. The van der Waals surface area contributed by atoms with Crippen molar-refractivity contribution in [1.29, 1.82) is 0 Å². The lowest BCUT2D eigenvalue weighted by Crippen LogP contribution is -2.47. The number of nitrogens with zero attached hydrogens (tertiary/aromatic N) is 6. The van der Waals surface area contributed by atoms with Crippen LogP contribution in [0.5, 0.6) is 0 Å². The molecule has 6 aromatic rings. The van der Waals surface area contributed by atoms with Crippen molar-refractivity contribution < 1.29 is 5.73 Å². The third-order valence-electron chi connectivity index (χ3n) is 6.02. The number of quaternary nitrogens is 1. The Morgan fingerprint density at radius 3 is 2.46 bits per heavy atom. The first-order valence-electron chi connectivity index (χ1n) is 11.3. The van der Waals surface area contributed by atoms with Gasteiger partial charge in [0.15, 0.2) is 11.6 Å². The van der Waals surface area contributed by atoms with Gasteiger partial charge in [-0.1, -0.05) is 54.6 Å². The summed E-state index contributed by atoms with van der Waals surface area (Å²) in [6.07, 6.45) is 5.38. The fraction of sp³-hybridized carbons (Fsp3) is 0.0741. The van der Waals surface area contributed by atoms with Gasteiger partial charge in [0, 0.05) is 41.5 Å². The number of aryl methyl sites for hydroxylation is 1. The van der Waals surface area contributed by atoms with E-state index in [0.717, 1.165) is 45.4 Å². The van der Waals surface area contributed by atoms with Gasteiger partial charge in [-0.2, -0.15) is 10.2 Å². The van der Waals surface area contributed by atoms with Crippen LogP contribution in [-0.4, -0.2) is 34.9 Å². The minimum atomic E-state index is 0.574. The predicted octanol–water partition coefficient (Wildman–Crippen LogP) is 3.89. The van der Waals surface area contributed by atoms with Gasteiger partial charge in [-0.15, -0.1) is 0 Å². The van der Waals surface area contributed by atoms with Crippen molar-refractivity contribution in [3.8, 4) is 45.3 Å². The molecule has 0 unspecified atom stereocenters. The van der Waals surface area contributed by atoms with E-state index >= 15 is 0 Å². The highest BCUT2D eigenvalue weighted by Gasteiger charge is 2.17. The highest BCUT2D eigenvalue weighted by atomic mass is 15.3. The van der Waals surface area contributed by atoms with Gasteiger partial charge in [-0.3, -0.25) is 14.8 Å². The van der Waals surface area contributed by atoms with E-state index in [0.29, 0.717) is 17.3 Å². The summed E-state index contributed by atoms with van der Waals surface area (Å²) >= 11 is 0. The van der Waals surface area contributed by atoms with Gasteiger partial charge in [0.25, 0.3) is 0 Å². The molecule has 35 heavy (non-hydrogen) atoms. The van der Waals surface area contributed by atoms with Crippen LogP contribution in [0.2, 0.25) is 0 Å². The number of nitrogens with one attached hydrogen (secondary N) is 1. The van der Waals surface area contributed by atoms with Crippen LogP contribution in [0.3, 0.4) is 0 Å². The minimum absolute atomic E-state index is 0.574. The first-order chi connectivity index (χ1) is 17.2. The second-order valence-electron chi connectivity index (χ2n) is 8.33. The molecule has 8 heteroatoms. The Morgan fingerprint density at radius 1 is 0.886 bits per heavy atom. The van der Waals surface area contributed by atoms with Gasteiger partial charge in [0.1, 0.15) is 5.69 Å². The van der Waals surface area contributed by atoms with E-state index in [1.165, 1.54) is 5.56 Å². The number of aromatic nitrogens is 7. The van der Waals surface area contributed by atoms with Crippen LogP contribution in [0.15, 0.2) is 85.3 Å². The maximum atomic E-state index is 5.10. The summed E-state index contributed by atoms with van der Waals surface area (Å²) in [4.78, 5) is 14.4. The Bertz CT molecular complexity index is 1630. The summed E-state index contributed by atoms with van der Waals surface area (Å²) in [5.41, 5.74) is 11.6. The second-order valence-corrected chi connectivity index (χ2v) is 8.33. The first-order valence-corrected chi connectivity index (χ1v) is 11.3. The Balaban J connectivity index is 1.54. The van der Waals surface area contributed by atoms with Crippen molar-refractivity contribution >= 4 is 10.9 Å². The van der Waals surface area contributed by atoms with Gasteiger partial charge in [-0.25, -0.2) is 9.97 Å². The van der Waals surface area contributed by atoms with E-state index in [1.54, 1.807) is 17.1 Å². The van der Waals surface area contributed by atoms with Crippen molar-refractivity contribution in [1.82, 2.24) is 34.9 Å². The number of hydrogen-bond acceptors (Lipinski definition) is 5. The van der Waals surface area contributed by atoms with Crippen LogP contribution in [0, 0.1) is 0 Å². The monoisotopic (exact) mass is 459 g/mol. The highest BCUT2D eigenvalue weighted by molar-refractivity contribution is 5.97. The molecule has 8 nitrogen and oxygen atoms in total. The van der Waals surface area contributed by atoms with Crippen molar-refractivity contribution in [2.45, 2.75) is 6.54 Å². The van der Waals surface area contributed by atoms with E-state index in [1.807, 2.05) is 37.5 Å². The average Bonchev–Trinajstić information content (AvgIpc) is 3.57. The molecule has 0 saturated carbocycles. The molecule has 0 amide bonds. The maximum Gasteiger partial charge on any atom is 0.184 e. The molecule has 0 radical (unpaired) electrons. The fourth-order valence-corrected chi connectivity index (χ4v) is 4.21. The molecule has 0 bridgehead atoms. The summed E-state index contributed by atoms with van der Waals surface area (Å²) in [5.74, 6) is 1.16. The standard InChI is InChI=1S/C27H22N8/c1-35-16-20(15-30-35)26-32-27(34-33-26)25-22-13-21(18-5-3-2-4-6-18)24(31-23(22)11-12-29-25)19-9-7-17(14-28)8-10-19/h2-13,15-16H,14,28H2,1H3,(H,32,33,34)/p+1. The molecular formula is C27H23N8+. The lowest BCUT2D eigenvalue weighted by atomic mass is 9.96. The third kappa shape index (κ3) is 3.85. The van der Waals surface area contributed by atoms with Crippen molar-refractivity contribution in [2.24, 2.45) is 7.05 Å². The lowest BCUT2D eigenvalue weighted by molar-refractivity contribution is -0.386. The first kappa shape index (κ1) is 20.9. The number of H-pyrrole nitrogens is 1. The number of benzene rings is 2. The molecule has 170 valence electrons. The molecule has 0 atom stereocenters. The Hall–Kier alpha value is -4.69. The van der Waals surface area contributed by atoms with Gasteiger partial charge < -0.3 is 5.73 Å². The lowest BCUT2D eigenvalue weighted by Gasteiger charge is -2.13. The van der Waals surface area contributed by atoms with Gasteiger partial charge >= 0.3 is 0 Å². The molecule has 4 heterocycles. The Labute approximate surface area is 201 Å². The molecule has 4 N–H and O–H groups in total. The zero-order valence-electron chi connectivity index (χ0n) is 19.2. The second kappa shape index (κ2) is 8.58. The predicted molar refractivity (Wildman–Crippen MR) is 135 cm³/mol. The summed E-state index contributed by atoms with van der Waals surface area (Å²) in [6.45, 7) is 0.754. The third-order valence-corrected chi connectivity index (χ3v) is 6.02. The molecule has 2 aromatic carbocycles. The average molecular weight is 460 g/mol. The number of pyridine rings is 2. The number of fused-ring (bicyclic) bond motifs is 1. The van der Waals surface area contributed by atoms with Gasteiger partial charge in [-0.05, 0) is 17.7 Å². The fourth-order valence-electron chi connectivity index (χ4n) is 4.21. The van der Waals surface area contributed by atoms with Crippen LogP contribution in [-0.2, 0) is 13.6 Å². The number of hydrogen-bond donors (Lipinski definition) is 2. The maximum absolute atomic E-state index is 5.10. The number of aromatic amines is 1. The molecule has 0 aliphatic rings. The van der Waals surface area contributed by atoms with Crippen molar-refractivity contribution in [3.63, 3.8) is 0 Å². The summed E-state index contributed by atoms with van der Waals surface area (Å²) < 4.78 is 1.72. The van der Waals surface area contributed by atoms with E-state index in [9.17, 15) is 0 Å². The molecule has 6 rings (SSSR count). The molecule has 0 fully saturated rings. The number of rotatable bonds is 5. The van der Waals surface area contributed by atoms with Gasteiger partial charge in [0.05, 0.1) is 29.5 Å². The summed E-state index contributed by atoms with van der Waals surface area (Å²) in [5, 5.41) is 12.6. The zero-order valence-corrected chi connectivity index (χ0v) is 19.2. The van der Waals surface area contributed by atoms with Crippen LogP contribution in [0.25, 0.3) is 56.2 Å². The Kier molecular flexibility index (Phi) is 5.12. The van der Waals surface area contributed by atoms with Crippen molar-refractivity contribution in [3.05, 3.63) is 90.9 Å². The molecular weight excluding hydrogens is 436 g/mol. The summed E-state index contributed by atoms with van der Waals surface area (Å²) in [6, 6.07) is 22.8. The Morgan fingerprint density at radius 2 is 1.71 bits per heavy atom. The van der Waals surface area contributed by atoms with E-state index in [-0.39, 0.29) is 0 Å². The quantitative estimate of drug-likeness (QED) is 0.406. The normalized spacial score (nSPS) is 11.3. The molecule has 0 spiro atoms. The summed E-state index contributed by atoms with van der Waals surface area (Å²) in [7, 11) is 1.87. The van der Waals surface area contributed by atoms with Crippen LogP contribution >= 0.6 is 0 Å². The minimum Gasteiger partial charge on any atom is -0.354 e. The molecule has 0 aliphatic heterocycles. The van der Waals surface area contributed by atoms with Crippen LogP contribution < -0.4 is 5.73 Å². The van der Waals surface area contributed by atoms with Crippen LogP contribution in [0.1, 0.15) is 5.56 Å². The van der Waals surface area contributed by atoms with E-state index in [2.05, 4.69) is 68.5 Å². The molecule has 0 saturated heterocycles. The molecule has 4 aromatic heterocycles. The van der Waals surface area contributed by atoms with Crippen molar-refractivity contribution in [2.75, 3.05) is 0 Å².